The van der Waals surface area contributed by atoms with Gasteiger partial charge in [0.25, 0.3) is 5.91 Å². The number of carbonyl (C=O) groups excluding carboxylic acids is 1. The molecular formula is C13H14N2O. The zero-order valence-electron chi connectivity index (χ0n) is 9.29. The quantitative estimate of drug-likeness (QED) is 0.820. The summed E-state index contributed by atoms with van der Waals surface area (Å²) in [6, 6.07) is 8.82. The number of nitrogens with zero attached hydrogens (tertiary/aromatic N) is 1. The molecule has 1 aromatic carbocycles. The number of benzene rings is 1. The maximum absolute atomic E-state index is 11.9. The molecule has 3 nitrogen and oxygen atoms in total. The lowest BCUT2D eigenvalue weighted by Gasteiger charge is -2.39. The first kappa shape index (κ1) is 10.7. The summed E-state index contributed by atoms with van der Waals surface area (Å²) in [5, 5.41) is 11.8. The van der Waals surface area contributed by atoms with Crippen LogP contribution in [0.3, 0.4) is 0 Å². The van der Waals surface area contributed by atoms with Gasteiger partial charge in [-0.05, 0) is 44.4 Å². The van der Waals surface area contributed by atoms with Gasteiger partial charge >= 0.3 is 0 Å². The Morgan fingerprint density at radius 3 is 2.81 bits per heavy atom. The fourth-order valence-corrected chi connectivity index (χ4v) is 1.91. The standard InChI is InChI=1S/C13H14N2O/c1-13(6-3-7-13)15-12(16)11-5-2-4-10(8-11)9-14/h2,4-5,8H,3,6-7H2,1H3,(H,15,16). The Morgan fingerprint density at radius 1 is 1.50 bits per heavy atom. The van der Waals surface area contributed by atoms with Crippen molar-refractivity contribution in [1.29, 1.82) is 5.26 Å². The van der Waals surface area contributed by atoms with Crippen molar-refractivity contribution in [3.63, 3.8) is 0 Å². The summed E-state index contributed by atoms with van der Waals surface area (Å²) in [7, 11) is 0. The van der Waals surface area contributed by atoms with Crippen molar-refractivity contribution in [2.75, 3.05) is 0 Å². The molecule has 0 radical (unpaired) electrons. The summed E-state index contributed by atoms with van der Waals surface area (Å²) in [6.07, 6.45) is 3.25. The van der Waals surface area contributed by atoms with Gasteiger partial charge < -0.3 is 5.32 Å². The van der Waals surface area contributed by atoms with E-state index < -0.39 is 0 Å². The first-order chi connectivity index (χ1) is 7.63. The van der Waals surface area contributed by atoms with Crippen LogP contribution in [0, 0.1) is 11.3 Å². The van der Waals surface area contributed by atoms with Gasteiger partial charge in [-0.2, -0.15) is 5.26 Å². The Balaban J connectivity index is 2.12. The second kappa shape index (κ2) is 3.97. The molecule has 0 aliphatic heterocycles. The number of hydrogen-bond acceptors (Lipinski definition) is 2. The van der Waals surface area contributed by atoms with E-state index in [0.717, 1.165) is 12.8 Å². The van der Waals surface area contributed by atoms with Crippen LogP contribution >= 0.6 is 0 Å². The lowest BCUT2D eigenvalue weighted by atomic mass is 9.78. The summed E-state index contributed by atoms with van der Waals surface area (Å²) in [4.78, 5) is 11.9. The molecule has 0 aromatic heterocycles. The molecule has 16 heavy (non-hydrogen) atoms. The predicted molar refractivity (Wildman–Crippen MR) is 60.9 cm³/mol. The van der Waals surface area contributed by atoms with Gasteiger partial charge in [-0.1, -0.05) is 6.07 Å². The van der Waals surface area contributed by atoms with E-state index in [9.17, 15) is 4.79 Å². The van der Waals surface area contributed by atoms with Gasteiger partial charge in [-0.15, -0.1) is 0 Å². The van der Waals surface area contributed by atoms with Gasteiger partial charge in [-0.25, -0.2) is 0 Å². The highest BCUT2D eigenvalue weighted by atomic mass is 16.1. The first-order valence-electron chi connectivity index (χ1n) is 5.46. The zero-order chi connectivity index (χ0) is 11.6. The van der Waals surface area contributed by atoms with Crippen molar-refractivity contribution in [2.45, 2.75) is 31.7 Å². The fraction of sp³-hybridized carbons (Fsp3) is 0.385. The topological polar surface area (TPSA) is 52.9 Å². The largest absolute Gasteiger partial charge is 0.347 e. The molecule has 0 heterocycles. The van der Waals surface area contributed by atoms with Crippen molar-refractivity contribution in [3.8, 4) is 6.07 Å². The molecule has 2 rings (SSSR count). The third kappa shape index (κ3) is 2.06. The molecule has 1 aliphatic carbocycles. The molecule has 3 heteroatoms. The van der Waals surface area contributed by atoms with Crippen LogP contribution in [0.2, 0.25) is 0 Å². The Hall–Kier alpha value is -1.82. The van der Waals surface area contributed by atoms with Gasteiger partial charge in [0.2, 0.25) is 0 Å². The molecule has 0 unspecified atom stereocenters. The zero-order valence-corrected chi connectivity index (χ0v) is 9.29. The molecule has 0 saturated heterocycles. The highest BCUT2D eigenvalue weighted by Gasteiger charge is 2.33. The van der Waals surface area contributed by atoms with E-state index >= 15 is 0 Å². The highest BCUT2D eigenvalue weighted by Crippen LogP contribution is 2.31. The number of nitrogens with one attached hydrogen (secondary N) is 1. The molecule has 0 atom stereocenters. The summed E-state index contributed by atoms with van der Waals surface area (Å²) < 4.78 is 0. The maximum atomic E-state index is 11.9. The van der Waals surface area contributed by atoms with Crippen LogP contribution in [-0.4, -0.2) is 11.4 Å². The van der Waals surface area contributed by atoms with Crippen molar-refractivity contribution < 1.29 is 4.79 Å². The third-order valence-electron chi connectivity index (χ3n) is 3.13. The number of amides is 1. The minimum absolute atomic E-state index is 0.0419. The molecule has 1 N–H and O–H groups in total. The van der Waals surface area contributed by atoms with Crippen LogP contribution in [0.5, 0.6) is 0 Å². The van der Waals surface area contributed by atoms with Crippen LogP contribution < -0.4 is 5.32 Å². The number of hydrogen-bond donors (Lipinski definition) is 1. The van der Waals surface area contributed by atoms with Gasteiger partial charge in [0.15, 0.2) is 0 Å². The lowest BCUT2D eigenvalue weighted by molar-refractivity contribution is 0.0850. The van der Waals surface area contributed by atoms with Gasteiger partial charge in [0.1, 0.15) is 0 Å². The van der Waals surface area contributed by atoms with Crippen LogP contribution in [0.4, 0.5) is 0 Å². The number of rotatable bonds is 2. The second-order valence-electron chi connectivity index (χ2n) is 4.56. The van der Waals surface area contributed by atoms with E-state index in [1.54, 1.807) is 24.3 Å². The van der Waals surface area contributed by atoms with E-state index in [2.05, 4.69) is 12.2 Å². The number of carbonyl (C=O) groups is 1. The summed E-state index contributed by atoms with van der Waals surface area (Å²) in [6.45, 7) is 2.06. The molecule has 1 fully saturated rings. The van der Waals surface area contributed by atoms with E-state index in [-0.39, 0.29) is 11.4 Å². The van der Waals surface area contributed by atoms with Crippen molar-refractivity contribution in [2.24, 2.45) is 0 Å². The van der Waals surface area contributed by atoms with E-state index in [4.69, 9.17) is 5.26 Å². The Morgan fingerprint density at radius 2 is 2.25 bits per heavy atom. The van der Waals surface area contributed by atoms with Crippen LogP contribution in [0.25, 0.3) is 0 Å². The second-order valence-corrected chi connectivity index (χ2v) is 4.56. The number of nitriles is 1. The van der Waals surface area contributed by atoms with Crippen molar-refractivity contribution in [1.82, 2.24) is 5.32 Å². The van der Waals surface area contributed by atoms with Crippen LogP contribution in [0.1, 0.15) is 42.1 Å². The average molecular weight is 214 g/mol. The molecule has 1 aliphatic rings. The minimum Gasteiger partial charge on any atom is -0.347 e. The normalized spacial score (nSPS) is 17.0. The molecule has 82 valence electrons. The summed E-state index contributed by atoms with van der Waals surface area (Å²) >= 11 is 0. The monoisotopic (exact) mass is 214 g/mol. The summed E-state index contributed by atoms with van der Waals surface area (Å²) in [5.74, 6) is -0.0840. The smallest absolute Gasteiger partial charge is 0.251 e. The summed E-state index contributed by atoms with van der Waals surface area (Å²) in [5.41, 5.74) is 1.04. The lowest BCUT2D eigenvalue weighted by Crippen LogP contribution is -2.50. The van der Waals surface area contributed by atoms with E-state index in [1.165, 1.54) is 6.42 Å². The fourth-order valence-electron chi connectivity index (χ4n) is 1.91. The Labute approximate surface area is 95.1 Å². The average Bonchev–Trinajstić information content (AvgIpc) is 2.27. The third-order valence-corrected chi connectivity index (χ3v) is 3.13. The highest BCUT2D eigenvalue weighted by molar-refractivity contribution is 5.95. The molecule has 0 spiro atoms. The van der Waals surface area contributed by atoms with Crippen LogP contribution in [0.15, 0.2) is 24.3 Å². The molecule has 1 saturated carbocycles. The predicted octanol–water partition coefficient (Wildman–Crippen LogP) is 2.23. The van der Waals surface area contributed by atoms with Crippen molar-refractivity contribution in [3.05, 3.63) is 35.4 Å². The maximum Gasteiger partial charge on any atom is 0.251 e. The van der Waals surface area contributed by atoms with Crippen molar-refractivity contribution >= 4 is 5.91 Å². The molecule has 1 amide bonds. The SMILES string of the molecule is CC1(NC(=O)c2cccc(C#N)c2)CCC1. The van der Waals surface area contributed by atoms with Gasteiger partial charge in [0.05, 0.1) is 11.6 Å². The molecule has 0 bridgehead atoms. The Bertz CT molecular complexity index is 455. The molecule has 1 aromatic rings. The van der Waals surface area contributed by atoms with Gasteiger partial charge in [-0.3, -0.25) is 4.79 Å². The van der Waals surface area contributed by atoms with Gasteiger partial charge in [0, 0.05) is 11.1 Å². The van der Waals surface area contributed by atoms with E-state index in [1.807, 2.05) is 6.07 Å². The van der Waals surface area contributed by atoms with E-state index in [0.29, 0.717) is 11.1 Å². The first-order valence-corrected chi connectivity index (χ1v) is 5.46. The molecular weight excluding hydrogens is 200 g/mol. The van der Waals surface area contributed by atoms with Crippen LogP contribution in [-0.2, 0) is 0 Å². The minimum atomic E-state index is -0.0840. The Kier molecular flexibility index (Phi) is 2.66.